The van der Waals surface area contributed by atoms with Crippen LogP contribution in [-0.2, 0) is 0 Å². The van der Waals surface area contributed by atoms with E-state index in [0.717, 1.165) is 36.1 Å². The molecule has 5 heteroatoms. The molecule has 0 saturated carbocycles. The Morgan fingerprint density at radius 2 is 2.08 bits per heavy atom. The maximum absolute atomic E-state index is 12.7. The first kappa shape index (κ1) is 15.6. The summed E-state index contributed by atoms with van der Waals surface area (Å²) in [5.74, 6) is 0.578. The standard InChI is InChI=1S/C20H19N3O2/c24-19(14-25-16-5-2-1-3-6-16)23-13-17(15-8-11-21-12-9-15)20-18(23)7-4-10-22-20/h1-8,10,13,21H,9,11-12,14H2. The summed E-state index contributed by atoms with van der Waals surface area (Å²) in [7, 11) is 0. The second-order valence-corrected chi connectivity index (χ2v) is 5.96. The maximum atomic E-state index is 12.7. The van der Waals surface area contributed by atoms with Crippen molar-refractivity contribution in [1.29, 1.82) is 0 Å². The zero-order chi connectivity index (χ0) is 17.1. The van der Waals surface area contributed by atoms with Crippen molar-refractivity contribution < 1.29 is 9.53 Å². The van der Waals surface area contributed by atoms with E-state index in [2.05, 4.69) is 16.4 Å². The van der Waals surface area contributed by atoms with Gasteiger partial charge in [0.1, 0.15) is 5.75 Å². The van der Waals surface area contributed by atoms with Crippen LogP contribution in [0.1, 0.15) is 16.8 Å². The van der Waals surface area contributed by atoms with Crippen molar-refractivity contribution in [3.8, 4) is 5.75 Å². The van der Waals surface area contributed by atoms with Crippen LogP contribution >= 0.6 is 0 Å². The Morgan fingerprint density at radius 3 is 2.88 bits per heavy atom. The van der Waals surface area contributed by atoms with Gasteiger partial charge >= 0.3 is 0 Å². The van der Waals surface area contributed by atoms with Crippen molar-refractivity contribution in [2.45, 2.75) is 6.42 Å². The van der Waals surface area contributed by atoms with Crippen LogP contribution in [0.15, 0.2) is 60.9 Å². The molecule has 5 nitrogen and oxygen atoms in total. The average Bonchev–Trinajstić information content (AvgIpc) is 3.07. The van der Waals surface area contributed by atoms with Gasteiger partial charge < -0.3 is 10.1 Å². The van der Waals surface area contributed by atoms with Crippen LogP contribution in [0.5, 0.6) is 5.75 Å². The van der Waals surface area contributed by atoms with E-state index in [0.29, 0.717) is 5.75 Å². The number of carbonyl (C=O) groups is 1. The Morgan fingerprint density at radius 1 is 1.20 bits per heavy atom. The van der Waals surface area contributed by atoms with Gasteiger partial charge in [0.15, 0.2) is 6.61 Å². The highest BCUT2D eigenvalue weighted by Crippen LogP contribution is 2.28. The smallest absolute Gasteiger partial charge is 0.269 e. The highest BCUT2D eigenvalue weighted by molar-refractivity contribution is 5.97. The molecule has 0 amide bonds. The van der Waals surface area contributed by atoms with Crippen LogP contribution in [-0.4, -0.2) is 35.2 Å². The fourth-order valence-electron chi connectivity index (χ4n) is 3.10. The SMILES string of the molecule is O=C(COc1ccccc1)n1cc(C2=CCNCC2)c2ncccc21. The molecule has 2 aromatic heterocycles. The third-order valence-electron chi connectivity index (χ3n) is 4.34. The largest absolute Gasteiger partial charge is 0.484 e. The molecule has 0 saturated heterocycles. The van der Waals surface area contributed by atoms with Crippen LogP contribution in [0.3, 0.4) is 0 Å². The summed E-state index contributed by atoms with van der Waals surface area (Å²) in [5.41, 5.74) is 3.95. The minimum Gasteiger partial charge on any atom is -0.484 e. The number of nitrogens with zero attached hydrogens (tertiary/aromatic N) is 2. The maximum Gasteiger partial charge on any atom is 0.269 e. The van der Waals surface area contributed by atoms with Crippen LogP contribution in [0.4, 0.5) is 0 Å². The lowest BCUT2D eigenvalue weighted by Gasteiger charge is -2.12. The number of pyridine rings is 1. The zero-order valence-corrected chi connectivity index (χ0v) is 13.8. The Hall–Kier alpha value is -2.92. The first-order valence-corrected chi connectivity index (χ1v) is 8.40. The molecule has 3 heterocycles. The molecule has 1 aromatic carbocycles. The first-order valence-electron chi connectivity index (χ1n) is 8.40. The van der Waals surface area contributed by atoms with E-state index in [-0.39, 0.29) is 12.5 Å². The van der Waals surface area contributed by atoms with Crippen molar-refractivity contribution >= 4 is 22.5 Å². The number of ether oxygens (including phenoxy) is 1. The first-order chi connectivity index (χ1) is 12.3. The Bertz CT molecular complexity index is 929. The third kappa shape index (κ3) is 3.19. The van der Waals surface area contributed by atoms with Gasteiger partial charge in [-0.3, -0.25) is 14.3 Å². The third-order valence-corrected chi connectivity index (χ3v) is 4.34. The number of hydrogen-bond acceptors (Lipinski definition) is 4. The van der Waals surface area contributed by atoms with Gasteiger partial charge in [0.05, 0.1) is 11.0 Å². The molecule has 126 valence electrons. The van der Waals surface area contributed by atoms with Crippen molar-refractivity contribution in [2.24, 2.45) is 0 Å². The molecule has 0 radical (unpaired) electrons. The molecule has 0 unspecified atom stereocenters. The van der Waals surface area contributed by atoms with Gasteiger partial charge in [-0.15, -0.1) is 0 Å². The molecule has 0 atom stereocenters. The van der Waals surface area contributed by atoms with Gasteiger partial charge in [0.2, 0.25) is 0 Å². The lowest BCUT2D eigenvalue weighted by atomic mass is 10.0. The summed E-state index contributed by atoms with van der Waals surface area (Å²) in [5, 5.41) is 3.31. The second-order valence-electron chi connectivity index (χ2n) is 5.96. The average molecular weight is 333 g/mol. The zero-order valence-electron chi connectivity index (χ0n) is 13.8. The predicted octanol–water partition coefficient (Wildman–Crippen LogP) is 3.13. The molecule has 0 fully saturated rings. The monoisotopic (exact) mass is 333 g/mol. The molecule has 0 aliphatic carbocycles. The molecule has 1 N–H and O–H groups in total. The number of aromatic nitrogens is 2. The molecular formula is C20H19N3O2. The summed E-state index contributed by atoms with van der Waals surface area (Å²) in [6, 6.07) is 13.1. The molecular weight excluding hydrogens is 314 g/mol. The van der Waals surface area contributed by atoms with Crippen molar-refractivity contribution in [3.63, 3.8) is 0 Å². The number of nitrogens with one attached hydrogen (secondary N) is 1. The van der Waals surface area contributed by atoms with Gasteiger partial charge in [0.25, 0.3) is 5.91 Å². The lowest BCUT2D eigenvalue weighted by Crippen LogP contribution is -2.20. The number of carbonyl (C=O) groups excluding carboxylic acids is 1. The summed E-state index contributed by atoms with van der Waals surface area (Å²) >= 11 is 0. The molecule has 0 bridgehead atoms. The normalized spacial score (nSPS) is 14.3. The number of hydrogen-bond donors (Lipinski definition) is 1. The van der Waals surface area contributed by atoms with E-state index in [4.69, 9.17) is 4.74 Å². The minimum absolute atomic E-state index is 0.0112. The molecule has 3 aromatic rings. The quantitative estimate of drug-likeness (QED) is 0.797. The van der Waals surface area contributed by atoms with Gasteiger partial charge in [0, 0.05) is 24.5 Å². The van der Waals surface area contributed by atoms with E-state index in [1.165, 1.54) is 5.57 Å². The van der Waals surface area contributed by atoms with E-state index in [1.54, 1.807) is 10.8 Å². The van der Waals surface area contributed by atoms with Crippen molar-refractivity contribution in [3.05, 3.63) is 66.5 Å². The second kappa shape index (κ2) is 6.91. The topological polar surface area (TPSA) is 56.1 Å². The molecule has 1 aliphatic heterocycles. The number of benzene rings is 1. The number of fused-ring (bicyclic) bond motifs is 1. The Balaban J connectivity index is 1.65. The van der Waals surface area contributed by atoms with E-state index < -0.39 is 0 Å². The van der Waals surface area contributed by atoms with E-state index in [1.807, 2.05) is 48.7 Å². The molecule has 0 spiro atoms. The number of para-hydroxylation sites is 1. The fourth-order valence-corrected chi connectivity index (χ4v) is 3.10. The number of rotatable bonds is 4. The van der Waals surface area contributed by atoms with Gasteiger partial charge in [-0.25, -0.2) is 0 Å². The van der Waals surface area contributed by atoms with Crippen LogP contribution in [0.25, 0.3) is 16.6 Å². The van der Waals surface area contributed by atoms with Crippen LogP contribution in [0.2, 0.25) is 0 Å². The highest BCUT2D eigenvalue weighted by atomic mass is 16.5. The summed E-state index contributed by atoms with van der Waals surface area (Å²) in [4.78, 5) is 17.2. The van der Waals surface area contributed by atoms with Gasteiger partial charge in [-0.1, -0.05) is 24.3 Å². The Labute approximate surface area is 145 Å². The van der Waals surface area contributed by atoms with Crippen LogP contribution < -0.4 is 10.1 Å². The lowest BCUT2D eigenvalue weighted by molar-refractivity contribution is 0.0843. The van der Waals surface area contributed by atoms with Gasteiger partial charge in [-0.05, 0) is 42.8 Å². The molecule has 4 rings (SSSR count). The highest BCUT2D eigenvalue weighted by Gasteiger charge is 2.18. The van der Waals surface area contributed by atoms with Crippen LogP contribution in [0, 0.1) is 0 Å². The van der Waals surface area contributed by atoms with E-state index >= 15 is 0 Å². The van der Waals surface area contributed by atoms with Crippen molar-refractivity contribution in [1.82, 2.24) is 14.9 Å². The summed E-state index contributed by atoms with van der Waals surface area (Å²) in [6.07, 6.45) is 6.76. The summed E-state index contributed by atoms with van der Waals surface area (Å²) in [6.45, 7) is 1.78. The van der Waals surface area contributed by atoms with E-state index in [9.17, 15) is 4.79 Å². The minimum atomic E-state index is -0.109. The van der Waals surface area contributed by atoms with Crippen molar-refractivity contribution in [2.75, 3.05) is 19.7 Å². The molecule has 25 heavy (non-hydrogen) atoms. The van der Waals surface area contributed by atoms with Gasteiger partial charge in [-0.2, -0.15) is 0 Å². The Kier molecular flexibility index (Phi) is 4.31. The fraction of sp³-hybridized carbons (Fsp3) is 0.200. The molecule has 1 aliphatic rings. The predicted molar refractivity (Wildman–Crippen MR) is 97.8 cm³/mol. The summed E-state index contributed by atoms with van der Waals surface area (Å²) < 4.78 is 7.27.